The molecule has 13 heavy (non-hydrogen) atoms. The first-order valence-electron chi connectivity index (χ1n) is 4.35. The number of halogens is 2. The van der Waals surface area contributed by atoms with Gasteiger partial charge in [0, 0.05) is 16.1 Å². The van der Waals surface area contributed by atoms with Crippen LogP contribution in [-0.4, -0.2) is 0 Å². The minimum absolute atomic E-state index is 0.192. The smallest absolute Gasteiger partial charge is 0.128 e. The molecular weight excluding hydrogens is 233 g/mol. The summed E-state index contributed by atoms with van der Waals surface area (Å²) in [7, 11) is 0. The summed E-state index contributed by atoms with van der Waals surface area (Å²) < 4.78 is 14.1. The van der Waals surface area contributed by atoms with E-state index in [1.807, 2.05) is 6.92 Å². The Morgan fingerprint density at radius 3 is 2.85 bits per heavy atom. The van der Waals surface area contributed by atoms with Crippen molar-refractivity contribution < 1.29 is 4.39 Å². The van der Waals surface area contributed by atoms with E-state index in [2.05, 4.69) is 15.9 Å². The maximum atomic E-state index is 13.2. The summed E-state index contributed by atoms with van der Waals surface area (Å²) in [6, 6.07) is 4.67. The molecule has 0 aliphatic heterocycles. The van der Waals surface area contributed by atoms with Crippen LogP contribution < -0.4 is 5.73 Å². The largest absolute Gasteiger partial charge is 0.324 e. The summed E-state index contributed by atoms with van der Waals surface area (Å²) in [5.74, 6) is -0.218. The fourth-order valence-electron chi connectivity index (χ4n) is 1.27. The molecule has 0 fully saturated rings. The molecule has 1 nitrogen and oxygen atoms in total. The number of benzene rings is 1. The topological polar surface area (TPSA) is 26.0 Å². The van der Waals surface area contributed by atoms with Gasteiger partial charge in [0.2, 0.25) is 0 Å². The van der Waals surface area contributed by atoms with Crippen LogP contribution in [0, 0.1) is 5.82 Å². The fraction of sp³-hybridized carbons (Fsp3) is 0.400. The molecule has 0 aliphatic rings. The Bertz CT molecular complexity index is 288. The third kappa shape index (κ3) is 2.78. The van der Waals surface area contributed by atoms with Crippen molar-refractivity contribution in [3.8, 4) is 0 Å². The van der Waals surface area contributed by atoms with E-state index in [1.165, 1.54) is 6.07 Å². The predicted octanol–water partition coefficient (Wildman–Crippen LogP) is 3.39. The molecule has 72 valence electrons. The molecule has 1 aromatic carbocycles. The second-order valence-electron chi connectivity index (χ2n) is 3.06. The SMILES string of the molecule is CCC[C@@H](N)c1cc(Br)ccc1F. The van der Waals surface area contributed by atoms with Gasteiger partial charge in [-0.3, -0.25) is 0 Å². The number of rotatable bonds is 3. The molecule has 0 aliphatic carbocycles. The first-order valence-corrected chi connectivity index (χ1v) is 5.15. The average molecular weight is 246 g/mol. The first kappa shape index (κ1) is 10.7. The summed E-state index contributed by atoms with van der Waals surface area (Å²) in [5.41, 5.74) is 6.41. The Morgan fingerprint density at radius 1 is 1.54 bits per heavy atom. The Balaban J connectivity index is 2.91. The Hall–Kier alpha value is -0.410. The van der Waals surface area contributed by atoms with Gasteiger partial charge in [0.1, 0.15) is 5.82 Å². The van der Waals surface area contributed by atoms with Crippen LogP contribution in [0.5, 0.6) is 0 Å². The average Bonchev–Trinajstić information content (AvgIpc) is 2.09. The molecule has 1 atom stereocenters. The van der Waals surface area contributed by atoms with Crippen LogP contribution in [0.1, 0.15) is 31.4 Å². The molecule has 0 unspecified atom stereocenters. The van der Waals surface area contributed by atoms with Crippen LogP contribution >= 0.6 is 15.9 Å². The van der Waals surface area contributed by atoms with Crippen LogP contribution in [-0.2, 0) is 0 Å². The molecule has 1 rings (SSSR count). The Kier molecular flexibility index (Phi) is 3.88. The minimum Gasteiger partial charge on any atom is -0.324 e. The molecule has 2 N–H and O–H groups in total. The van der Waals surface area contributed by atoms with Gasteiger partial charge in [-0.05, 0) is 24.6 Å². The Morgan fingerprint density at radius 2 is 2.23 bits per heavy atom. The molecule has 0 heterocycles. The van der Waals surface area contributed by atoms with Crippen LogP contribution in [0.15, 0.2) is 22.7 Å². The van der Waals surface area contributed by atoms with E-state index in [0.717, 1.165) is 17.3 Å². The molecular formula is C10H13BrFN. The molecule has 1 aromatic rings. The van der Waals surface area contributed by atoms with Crippen molar-refractivity contribution in [3.05, 3.63) is 34.1 Å². The highest BCUT2D eigenvalue weighted by Gasteiger charge is 2.10. The van der Waals surface area contributed by atoms with Crippen LogP contribution in [0.4, 0.5) is 4.39 Å². The van der Waals surface area contributed by atoms with Crippen LogP contribution in [0.2, 0.25) is 0 Å². The van der Waals surface area contributed by atoms with Gasteiger partial charge in [-0.15, -0.1) is 0 Å². The normalized spacial score (nSPS) is 12.9. The second kappa shape index (κ2) is 4.72. The monoisotopic (exact) mass is 245 g/mol. The van der Waals surface area contributed by atoms with Gasteiger partial charge in [0.25, 0.3) is 0 Å². The third-order valence-corrected chi connectivity index (χ3v) is 2.45. The number of nitrogens with two attached hydrogens (primary N) is 1. The standard InChI is InChI=1S/C10H13BrFN/c1-2-3-10(13)8-6-7(11)4-5-9(8)12/h4-6,10H,2-3,13H2,1H3/t10-/m1/s1. The lowest BCUT2D eigenvalue weighted by molar-refractivity contribution is 0.559. The molecule has 0 saturated carbocycles. The van der Waals surface area contributed by atoms with Gasteiger partial charge >= 0.3 is 0 Å². The zero-order chi connectivity index (χ0) is 9.84. The van der Waals surface area contributed by atoms with Crippen molar-refractivity contribution in [1.29, 1.82) is 0 Å². The summed E-state index contributed by atoms with van der Waals surface area (Å²) >= 11 is 3.29. The van der Waals surface area contributed by atoms with Gasteiger partial charge < -0.3 is 5.73 Å². The maximum absolute atomic E-state index is 13.2. The van der Waals surface area contributed by atoms with Gasteiger partial charge in [0.15, 0.2) is 0 Å². The van der Waals surface area contributed by atoms with Crippen molar-refractivity contribution >= 4 is 15.9 Å². The van der Waals surface area contributed by atoms with Crippen LogP contribution in [0.25, 0.3) is 0 Å². The van der Waals surface area contributed by atoms with Gasteiger partial charge in [-0.25, -0.2) is 4.39 Å². The molecule has 0 saturated heterocycles. The van der Waals surface area contributed by atoms with Gasteiger partial charge in [0.05, 0.1) is 0 Å². The van der Waals surface area contributed by atoms with Crippen molar-refractivity contribution in [2.24, 2.45) is 5.73 Å². The molecule has 0 radical (unpaired) electrons. The third-order valence-electron chi connectivity index (χ3n) is 1.96. The summed E-state index contributed by atoms with van der Waals surface area (Å²) in [6.45, 7) is 2.04. The van der Waals surface area contributed by atoms with E-state index in [1.54, 1.807) is 12.1 Å². The van der Waals surface area contributed by atoms with E-state index in [0.29, 0.717) is 5.56 Å². The maximum Gasteiger partial charge on any atom is 0.128 e. The highest BCUT2D eigenvalue weighted by atomic mass is 79.9. The minimum atomic E-state index is -0.218. The van der Waals surface area contributed by atoms with E-state index in [4.69, 9.17) is 5.73 Å². The van der Waals surface area contributed by atoms with Crippen molar-refractivity contribution in [2.75, 3.05) is 0 Å². The molecule has 0 aromatic heterocycles. The first-order chi connectivity index (χ1) is 6.15. The van der Waals surface area contributed by atoms with E-state index in [9.17, 15) is 4.39 Å². The number of hydrogen-bond donors (Lipinski definition) is 1. The second-order valence-corrected chi connectivity index (χ2v) is 3.98. The molecule has 0 bridgehead atoms. The van der Waals surface area contributed by atoms with Crippen molar-refractivity contribution in [1.82, 2.24) is 0 Å². The summed E-state index contributed by atoms with van der Waals surface area (Å²) in [5, 5.41) is 0. The molecule has 0 amide bonds. The zero-order valence-electron chi connectivity index (χ0n) is 7.56. The van der Waals surface area contributed by atoms with Crippen molar-refractivity contribution in [3.63, 3.8) is 0 Å². The van der Waals surface area contributed by atoms with Crippen molar-refractivity contribution in [2.45, 2.75) is 25.8 Å². The Labute approximate surface area is 86.3 Å². The lowest BCUT2D eigenvalue weighted by Crippen LogP contribution is -2.11. The lowest BCUT2D eigenvalue weighted by atomic mass is 10.0. The highest BCUT2D eigenvalue weighted by Crippen LogP contribution is 2.22. The van der Waals surface area contributed by atoms with E-state index >= 15 is 0 Å². The number of hydrogen-bond acceptors (Lipinski definition) is 1. The fourth-order valence-corrected chi connectivity index (χ4v) is 1.64. The molecule has 3 heteroatoms. The van der Waals surface area contributed by atoms with E-state index in [-0.39, 0.29) is 11.9 Å². The summed E-state index contributed by atoms with van der Waals surface area (Å²) in [4.78, 5) is 0. The van der Waals surface area contributed by atoms with Crippen LogP contribution in [0.3, 0.4) is 0 Å². The van der Waals surface area contributed by atoms with E-state index < -0.39 is 0 Å². The lowest BCUT2D eigenvalue weighted by Gasteiger charge is -2.11. The zero-order valence-corrected chi connectivity index (χ0v) is 9.14. The van der Waals surface area contributed by atoms with Gasteiger partial charge in [-0.1, -0.05) is 29.3 Å². The quantitative estimate of drug-likeness (QED) is 0.869. The molecule has 0 spiro atoms. The summed E-state index contributed by atoms with van der Waals surface area (Å²) in [6.07, 6.45) is 1.78. The highest BCUT2D eigenvalue weighted by molar-refractivity contribution is 9.10. The van der Waals surface area contributed by atoms with Gasteiger partial charge in [-0.2, -0.15) is 0 Å². The predicted molar refractivity (Wildman–Crippen MR) is 55.9 cm³/mol.